The fourth-order valence-electron chi connectivity index (χ4n) is 2.79. The molecule has 0 saturated carbocycles. The highest BCUT2D eigenvalue weighted by Gasteiger charge is 2.46. The molecule has 1 aliphatic rings. The Balaban J connectivity index is 1.88. The number of nitrogens with one attached hydrogen (secondary N) is 1. The van der Waals surface area contributed by atoms with Crippen molar-refractivity contribution in [1.82, 2.24) is 5.43 Å². The number of aliphatic imine (C=N–C) groups is 1. The summed E-state index contributed by atoms with van der Waals surface area (Å²) in [6, 6.07) is 14.2. The second-order valence-corrected chi connectivity index (χ2v) is 6.59. The Labute approximate surface area is 141 Å². The lowest BCUT2D eigenvalue weighted by molar-refractivity contribution is -0.118. The van der Waals surface area contributed by atoms with Crippen LogP contribution in [-0.4, -0.2) is 28.8 Å². The molecule has 24 heavy (non-hydrogen) atoms. The lowest BCUT2D eigenvalue weighted by atomic mass is 9.97. The molecule has 0 aliphatic carbocycles. The molecule has 0 aromatic heterocycles. The molecule has 2 aromatic carbocycles. The van der Waals surface area contributed by atoms with Crippen LogP contribution in [0.25, 0.3) is 0 Å². The van der Waals surface area contributed by atoms with Gasteiger partial charge in [0.1, 0.15) is 11.8 Å². The highest BCUT2D eigenvalue weighted by Crippen LogP contribution is 2.27. The van der Waals surface area contributed by atoms with E-state index in [1.807, 2.05) is 63.2 Å². The van der Waals surface area contributed by atoms with E-state index in [4.69, 9.17) is 0 Å². The zero-order valence-corrected chi connectivity index (χ0v) is 14.0. The van der Waals surface area contributed by atoms with Gasteiger partial charge >= 0.3 is 0 Å². The molecule has 1 heterocycles. The molecule has 1 saturated heterocycles. The van der Waals surface area contributed by atoms with Gasteiger partial charge in [0.25, 0.3) is 5.91 Å². The summed E-state index contributed by atoms with van der Waals surface area (Å²) >= 11 is 0. The van der Waals surface area contributed by atoms with Gasteiger partial charge in [-0.1, -0.05) is 29.8 Å². The van der Waals surface area contributed by atoms with Crippen LogP contribution in [0.1, 0.15) is 25.0 Å². The number of phenolic OH excluding ortho intramolecular Hbond substituents is 1. The minimum Gasteiger partial charge on any atom is -0.507 e. The van der Waals surface area contributed by atoms with Crippen molar-refractivity contribution in [3.05, 3.63) is 59.7 Å². The molecule has 1 aliphatic heterocycles. The zero-order chi connectivity index (χ0) is 17.3. The molecular formula is C19H21N3O2. The van der Waals surface area contributed by atoms with Crippen LogP contribution in [0.2, 0.25) is 0 Å². The van der Waals surface area contributed by atoms with Crippen molar-refractivity contribution < 1.29 is 9.90 Å². The van der Waals surface area contributed by atoms with Gasteiger partial charge < -0.3 is 5.11 Å². The molecule has 1 atom stereocenters. The number of carbonyl (C=O) groups excluding carboxylic acids is 1. The Bertz CT molecular complexity index is 784. The molecule has 1 unspecified atom stereocenters. The molecular weight excluding hydrogens is 302 g/mol. The van der Waals surface area contributed by atoms with Gasteiger partial charge in [0, 0.05) is 11.8 Å². The number of aryl methyl sites for hydroxylation is 1. The van der Waals surface area contributed by atoms with Crippen molar-refractivity contribution in [2.45, 2.75) is 32.4 Å². The van der Waals surface area contributed by atoms with Gasteiger partial charge in [-0.2, -0.15) is 0 Å². The number of hydrazine groups is 1. The number of hydrogen-bond acceptors (Lipinski definition) is 4. The molecule has 124 valence electrons. The van der Waals surface area contributed by atoms with Gasteiger partial charge in [-0.05, 0) is 45.0 Å². The molecule has 0 bridgehead atoms. The maximum atomic E-state index is 12.8. The van der Waals surface area contributed by atoms with Crippen LogP contribution >= 0.6 is 0 Å². The average molecular weight is 323 g/mol. The van der Waals surface area contributed by atoms with Crippen molar-refractivity contribution in [1.29, 1.82) is 0 Å². The van der Waals surface area contributed by atoms with Crippen LogP contribution in [-0.2, 0) is 4.79 Å². The van der Waals surface area contributed by atoms with E-state index in [-0.39, 0.29) is 11.7 Å². The predicted octanol–water partition coefficient (Wildman–Crippen LogP) is 2.82. The molecule has 0 spiro atoms. The van der Waals surface area contributed by atoms with Crippen LogP contribution in [0.4, 0.5) is 5.69 Å². The smallest absolute Gasteiger partial charge is 0.268 e. The van der Waals surface area contributed by atoms with Crippen molar-refractivity contribution in [3.8, 4) is 5.75 Å². The van der Waals surface area contributed by atoms with E-state index in [0.717, 1.165) is 11.3 Å². The van der Waals surface area contributed by atoms with Crippen LogP contribution in [0.15, 0.2) is 53.5 Å². The number of hydrogen-bond donors (Lipinski definition) is 2. The van der Waals surface area contributed by atoms with Crippen molar-refractivity contribution >= 4 is 17.8 Å². The quantitative estimate of drug-likeness (QED) is 0.854. The molecule has 1 amide bonds. The van der Waals surface area contributed by atoms with Crippen LogP contribution in [0, 0.1) is 6.92 Å². The van der Waals surface area contributed by atoms with E-state index >= 15 is 0 Å². The first-order valence-electron chi connectivity index (χ1n) is 7.88. The Hall–Kier alpha value is -2.66. The normalized spacial score (nSPS) is 20.0. The predicted molar refractivity (Wildman–Crippen MR) is 95.4 cm³/mol. The van der Waals surface area contributed by atoms with E-state index in [1.165, 1.54) is 5.01 Å². The fourth-order valence-corrected chi connectivity index (χ4v) is 2.79. The van der Waals surface area contributed by atoms with Gasteiger partial charge in [0.15, 0.2) is 0 Å². The minimum absolute atomic E-state index is 0.116. The van der Waals surface area contributed by atoms with Gasteiger partial charge in [-0.25, -0.2) is 10.4 Å². The maximum absolute atomic E-state index is 12.8. The number of rotatable bonds is 3. The summed E-state index contributed by atoms with van der Waals surface area (Å²) in [5.41, 5.74) is 5.11. The summed E-state index contributed by atoms with van der Waals surface area (Å²) in [7, 11) is 0. The van der Waals surface area contributed by atoms with E-state index in [0.29, 0.717) is 5.56 Å². The van der Waals surface area contributed by atoms with Gasteiger partial charge in [0.2, 0.25) is 0 Å². The zero-order valence-electron chi connectivity index (χ0n) is 14.0. The fraction of sp³-hybridized carbons (Fsp3) is 0.263. The minimum atomic E-state index is -0.572. The van der Waals surface area contributed by atoms with E-state index < -0.39 is 11.6 Å². The number of aromatic hydroxyl groups is 1. The molecule has 5 nitrogen and oxygen atoms in total. The first kappa shape index (κ1) is 16.2. The average Bonchev–Trinajstić information content (AvgIpc) is 2.79. The third kappa shape index (κ3) is 3.03. The highest BCUT2D eigenvalue weighted by atomic mass is 16.3. The number of benzene rings is 2. The summed E-state index contributed by atoms with van der Waals surface area (Å²) in [4.78, 5) is 17.2. The molecule has 2 aromatic rings. The van der Waals surface area contributed by atoms with Gasteiger partial charge in [0.05, 0.1) is 11.2 Å². The molecule has 1 fully saturated rings. The number of carbonyl (C=O) groups is 1. The van der Waals surface area contributed by atoms with Crippen molar-refractivity contribution in [2.75, 3.05) is 5.01 Å². The second-order valence-electron chi connectivity index (χ2n) is 6.59. The molecule has 0 radical (unpaired) electrons. The Morgan fingerprint density at radius 3 is 2.62 bits per heavy atom. The molecule has 2 N–H and O–H groups in total. The van der Waals surface area contributed by atoms with Crippen molar-refractivity contribution in [3.63, 3.8) is 0 Å². The van der Waals surface area contributed by atoms with Crippen LogP contribution in [0.5, 0.6) is 5.75 Å². The Morgan fingerprint density at radius 2 is 1.92 bits per heavy atom. The highest BCUT2D eigenvalue weighted by molar-refractivity contribution is 6.01. The first-order valence-corrected chi connectivity index (χ1v) is 7.88. The van der Waals surface area contributed by atoms with Crippen LogP contribution < -0.4 is 10.4 Å². The lowest BCUT2D eigenvalue weighted by Gasteiger charge is -2.22. The molecule has 5 heteroatoms. The van der Waals surface area contributed by atoms with Gasteiger partial charge in [-0.3, -0.25) is 9.79 Å². The van der Waals surface area contributed by atoms with Crippen LogP contribution in [0.3, 0.4) is 0 Å². The number of amides is 1. The third-order valence-corrected chi connectivity index (χ3v) is 4.10. The number of anilines is 1. The van der Waals surface area contributed by atoms with Gasteiger partial charge in [-0.15, -0.1) is 0 Å². The van der Waals surface area contributed by atoms with Crippen molar-refractivity contribution in [2.24, 2.45) is 4.99 Å². The summed E-state index contributed by atoms with van der Waals surface area (Å²) in [6.45, 7) is 5.82. The Morgan fingerprint density at radius 1 is 1.21 bits per heavy atom. The molecule has 3 rings (SSSR count). The van der Waals surface area contributed by atoms with E-state index in [1.54, 1.807) is 12.3 Å². The Kier molecular flexibility index (Phi) is 4.11. The monoisotopic (exact) mass is 323 g/mol. The summed E-state index contributed by atoms with van der Waals surface area (Å²) in [5, 5.41) is 11.5. The lowest BCUT2D eigenvalue weighted by Crippen LogP contribution is -2.44. The van der Waals surface area contributed by atoms with E-state index in [2.05, 4.69) is 10.4 Å². The van der Waals surface area contributed by atoms with E-state index in [9.17, 15) is 9.90 Å². The number of nitrogens with zero attached hydrogens (tertiary/aromatic N) is 2. The number of phenols is 1. The number of para-hydroxylation sites is 1. The second kappa shape index (κ2) is 6.09. The topological polar surface area (TPSA) is 64.9 Å². The SMILES string of the molecule is Cc1ccc(O)c(C=NC2C(=O)N(c3ccccc3)NC2(C)C)c1. The maximum Gasteiger partial charge on any atom is 0.268 e. The summed E-state index contributed by atoms with van der Waals surface area (Å²) in [5.74, 6) is 0.0371. The standard InChI is InChI=1S/C19H21N3O2/c1-13-9-10-16(23)14(11-13)12-20-17-18(24)22(21-19(17,2)3)15-7-5-4-6-8-15/h4-12,17,21,23H,1-3H3. The summed E-state index contributed by atoms with van der Waals surface area (Å²) in [6.07, 6.45) is 1.57. The third-order valence-electron chi connectivity index (χ3n) is 4.10. The first-order chi connectivity index (χ1) is 11.4. The largest absolute Gasteiger partial charge is 0.507 e. The summed E-state index contributed by atoms with van der Waals surface area (Å²) < 4.78 is 0.